The average Bonchev–Trinajstić information content (AvgIpc) is 2.48. The van der Waals surface area contributed by atoms with Crippen LogP contribution in [0.2, 0.25) is 0 Å². The first-order chi connectivity index (χ1) is 9.57. The molecule has 0 aromatic carbocycles. The van der Waals surface area contributed by atoms with Crippen molar-refractivity contribution >= 4 is 21.6 Å². The molecule has 7 heteroatoms. The maximum absolute atomic E-state index is 12.5. The molecule has 1 atom stereocenters. The summed E-state index contributed by atoms with van der Waals surface area (Å²) in [6, 6.07) is 3.22. The van der Waals surface area contributed by atoms with E-state index in [0.717, 1.165) is 18.4 Å². The summed E-state index contributed by atoms with van der Waals surface area (Å²) in [6.45, 7) is 1.63. The third-order valence-corrected chi connectivity index (χ3v) is 5.53. The minimum Gasteiger partial charge on any atom is -0.384 e. The quantitative estimate of drug-likeness (QED) is 0.778. The van der Waals surface area contributed by atoms with Crippen LogP contribution in [0.15, 0.2) is 23.4 Å². The Labute approximate surface area is 125 Å². The van der Waals surface area contributed by atoms with Gasteiger partial charge in [-0.05, 0) is 30.4 Å². The molecule has 0 saturated carbocycles. The third kappa shape index (κ3) is 3.49. The van der Waals surface area contributed by atoms with E-state index in [-0.39, 0.29) is 10.9 Å². The van der Waals surface area contributed by atoms with E-state index in [1.807, 2.05) is 0 Å². The van der Waals surface area contributed by atoms with Gasteiger partial charge >= 0.3 is 0 Å². The molecule has 0 amide bonds. The molecular formula is C13H19ClN2O3S. The standard InChI is InChI=1S/C13H19ClN2O3S/c1-19-10-12-3-2-6-16(9-12)20(17,18)13-5-4-11(7-14)8-15-13/h4-5,8,12H,2-3,6-7,9-10H2,1H3. The van der Waals surface area contributed by atoms with Crippen molar-refractivity contribution in [2.45, 2.75) is 23.7 Å². The maximum atomic E-state index is 12.5. The number of aromatic nitrogens is 1. The van der Waals surface area contributed by atoms with Crippen molar-refractivity contribution in [1.29, 1.82) is 0 Å². The topological polar surface area (TPSA) is 59.5 Å². The van der Waals surface area contributed by atoms with Crippen molar-refractivity contribution < 1.29 is 13.2 Å². The average molecular weight is 319 g/mol. The first-order valence-electron chi connectivity index (χ1n) is 6.58. The second kappa shape index (κ2) is 6.85. The molecule has 1 aliphatic heterocycles. The normalized spacial score (nSPS) is 21.0. The van der Waals surface area contributed by atoms with Crippen LogP contribution in [0.5, 0.6) is 0 Å². The molecular weight excluding hydrogens is 300 g/mol. The molecule has 2 heterocycles. The van der Waals surface area contributed by atoms with Crippen molar-refractivity contribution in [3.63, 3.8) is 0 Å². The minimum absolute atomic E-state index is 0.0874. The lowest BCUT2D eigenvalue weighted by Gasteiger charge is -2.31. The van der Waals surface area contributed by atoms with Crippen molar-refractivity contribution in [2.75, 3.05) is 26.8 Å². The van der Waals surface area contributed by atoms with Crippen LogP contribution < -0.4 is 0 Å². The van der Waals surface area contributed by atoms with Crippen LogP contribution in [0.3, 0.4) is 0 Å². The molecule has 1 aromatic rings. The van der Waals surface area contributed by atoms with Crippen LogP contribution in [0, 0.1) is 5.92 Å². The monoisotopic (exact) mass is 318 g/mol. The highest BCUT2D eigenvalue weighted by Crippen LogP contribution is 2.23. The largest absolute Gasteiger partial charge is 0.384 e. The van der Waals surface area contributed by atoms with E-state index in [4.69, 9.17) is 16.3 Å². The molecule has 2 rings (SSSR count). The highest BCUT2D eigenvalue weighted by molar-refractivity contribution is 7.89. The number of nitrogens with zero attached hydrogens (tertiary/aromatic N) is 2. The number of piperidine rings is 1. The van der Waals surface area contributed by atoms with Gasteiger partial charge < -0.3 is 4.74 Å². The summed E-state index contributed by atoms with van der Waals surface area (Å²) in [5.41, 5.74) is 0.807. The Morgan fingerprint density at radius 3 is 2.90 bits per heavy atom. The highest BCUT2D eigenvalue weighted by Gasteiger charge is 2.30. The SMILES string of the molecule is COCC1CCCN(S(=O)(=O)c2ccc(CCl)cn2)C1. The van der Waals surface area contributed by atoms with Crippen LogP contribution in [0.4, 0.5) is 0 Å². The molecule has 1 aromatic heterocycles. The van der Waals surface area contributed by atoms with Crippen molar-refractivity contribution in [3.05, 3.63) is 23.9 Å². The summed E-state index contributed by atoms with van der Waals surface area (Å²) >= 11 is 5.68. The Balaban J connectivity index is 2.16. The van der Waals surface area contributed by atoms with Crippen molar-refractivity contribution in [3.8, 4) is 0 Å². The Morgan fingerprint density at radius 1 is 1.50 bits per heavy atom. The van der Waals surface area contributed by atoms with Gasteiger partial charge in [-0.15, -0.1) is 11.6 Å². The molecule has 0 aliphatic carbocycles. The summed E-state index contributed by atoms with van der Waals surface area (Å²) in [5.74, 6) is 0.582. The number of ether oxygens (including phenoxy) is 1. The van der Waals surface area contributed by atoms with Crippen LogP contribution >= 0.6 is 11.6 Å². The van der Waals surface area contributed by atoms with Gasteiger partial charge in [0.25, 0.3) is 10.0 Å². The summed E-state index contributed by atoms with van der Waals surface area (Å²) in [7, 11) is -1.88. The maximum Gasteiger partial charge on any atom is 0.260 e. The van der Waals surface area contributed by atoms with E-state index in [1.165, 1.54) is 16.6 Å². The molecule has 0 N–H and O–H groups in total. The van der Waals surface area contributed by atoms with Gasteiger partial charge in [0.1, 0.15) is 0 Å². The van der Waals surface area contributed by atoms with E-state index in [0.29, 0.717) is 25.6 Å². The number of pyridine rings is 1. The van der Waals surface area contributed by atoms with E-state index in [1.54, 1.807) is 13.2 Å². The smallest absolute Gasteiger partial charge is 0.260 e. The van der Waals surface area contributed by atoms with Crippen molar-refractivity contribution in [1.82, 2.24) is 9.29 Å². The molecule has 5 nitrogen and oxygen atoms in total. The van der Waals surface area contributed by atoms with Crippen LogP contribution in [0.25, 0.3) is 0 Å². The number of halogens is 1. The second-order valence-corrected chi connectivity index (χ2v) is 7.12. The summed E-state index contributed by atoms with van der Waals surface area (Å²) < 4.78 is 31.7. The zero-order valence-corrected chi connectivity index (χ0v) is 13.0. The molecule has 112 valence electrons. The van der Waals surface area contributed by atoms with E-state index < -0.39 is 10.0 Å². The van der Waals surface area contributed by atoms with Gasteiger partial charge in [-0.25, -0.2) is 13.4 Å². The van der Waals surface area contributed by atoms with Crippen LogP contribution in [-0.2, 0) is 20.6 Å². The first-order valence-corrected chi connectivity index (χ1v) is 8.55. The lowest BCUT2D eigenvalue weighted by Crippen LogP contribution is -2.41. The van der Waals surface area contributed by atoms with Gasteiger partial charge in [-0.1, -0.05) is 6.07 Å². The molecule has 1 fully saturated rings. The zero-order valence-electron chi connectivity index (χ0n) is 11.5. The number of rotatable bonds is 5. The molecule has 0 radical (unpaired) electrons. The van der Waals surface area contributed by atoms with E-state index in [2.05, 4.69) is 4.98 Å². The van der Waals surface area contributed by atoms with E-state index >= 15 is 0 Å². The van der Waals surface area contributed by atoms with Gasteiger partial charge in [-0.3, -0.25) is 0 Å². The molecule has 0 spiro atoms. The third-order valence-electron chi connectivity index (χ3n) is 3.44. The predicted octanol–water partition coefficient (Wildman–Crippen LogP) is 1.87. The van der Waals surface area contributed by atoms with Gasteiger partial charge in [0.15, 0.2) is 5.03 Å². The zero-order chi connectivity index (χ0) is 14.6. The number of alkyl halides is 1. The second-order valence-electron chi connectivity index (χ2n) is 4.96. The van der Waals surface area contributed by atoms with E-state index in [9.17, 15) is 8.42 Å². The van der Waals surface area contributed by atoms with Crippen LogP contribution in [-0.4, -0.2) is 44.5 Å². The molecule has 0 bridgehead atoms. The number of sulfonamides is 1. The van der Waals surface area contributed by atoms with Gasteiger partial charge in [-0.2, -0.15) is 4.31 Å². The van der Waals surface area contributed by atoms with Crippen LogP contribution in [0.1, 0.15) is 18.4 Å². The molecule has 1 unspecified atom stereocenters. The molecule has 1 aliphatic rings. The Bertz CT molecular complexity index is 531. The number of methoxy groups -OCH3 is 1. The molecule has 20 heavy (non-hydrogen) atoms. The Hall–Kier alpha value is -0.690. The summed E-state index contributed by atoms with van der Waals surface area (Å²) in [6.07, 6.45) is 3.36. The molecule has 1 saturated heterocycles. The van der Waals surface area contributed by atoms with Gasteiger partial charge in [0.05, 0.1) is 6.61 Å². The van der Waals surface area contributed by atoms with Gasteiger partial charge in [0, 0.05) is 32.3 Å². The lowest BCUT2D eigenvalue weighted by atomic mass is 10.0. The first kappa shape index (κ1) is 15.7. The minimum atomic E-state index is -3.51. The highest BCUT2D eigenvalue weighted by atomic mass is 35.5. The lowest BCUT2D eigenvalue weighted by molar-refractivity contribution is 0.118. The summed E-state index contributed by atoms with van der Waals surface area (Å²) in [4.78, 5) is 4.02. The fourth-order valence-electron chi connectivity index (χ4n) is 2.39. The van der Waals surface area contributed by atoms with Crippen molar-refractivity contribution in [2.24, 2.45) is 5.92 Å². The van der Waals surface area contributed by atoms with Gasteiger partial charge in [0.2, 0.25) is 0 Å². The predicted molar refractivity (Wildman–Crippen MR) is 77.2 cm³/mol. The number of hydrogen-bond donors (Lipinski definition) is 0. The Kier molecular flexibility index (Phi) is 5.37. The summed E-state index contributed by atoms with van der Waals surface area (Å²) in [5, 5.41) is 0.0874. The number of hydrogen-bond acceptors (Lipinski definition) is 4. The Morgan fingerprint density at radius 2 is 2.30 bits per heavy atom. The fraction of sp³-hybridized carbons (Fsp3) is 0.615. The fourth-order valence-corrected chi connectivity index (χ4v) is 4.02.